The van der Waals surface area contributed by atoms with Gasteiger partial charge in [-0.2, -0.15) is 8.42 Å². The standard InChI is InChI=1S/C16H11F2NO3S/c1-10-8-9-11-4-2-7-14(15(11)19-10)22-23(20,21)16-12(17)5-3-6-13(16)18/h2-9H,1H3. The lowest BCUT2D eigenvalue weighted by Gasteiger charge is -2.10. The Morgan fingerprint density at radius 1 is 0.957 bits per heavy atom. The van der Waals surface area contributed by atoms with E-state index in [1.807, 2.05) is 0 Å². The summed E-state index contributed by atoms with van der Waals surface area (Å²) in [6.45, 7) is 1.74. The number of benzene rings is 2. The van der Waals surface area contributed by atoms with Crippen LogP contribution in [-0.2, 0) is 10.1 Å². The van der Waals surface area contributed by atoms with Gasteiger partial charge in [0.25, 0.3) is 0 Å². The molecule has 0 saturated carbocycles. The molecule has 3 aromatic rings. The maximum absolute atomic E-state index is 13.7. The van der Waals surface area contributed by atoms with Gasteiger partial charge in [-0.15, -0.1) is 0 Å². The molecule has 0 saturated heterocycles. The lowest BCUT2D eigenvalue weighted by molar-refractivity contribution is 0.461. The molecule has 118 valence electrons. The number of para-hydroxylation sites is 1. The fraction of sp³-hybridized carbons (Fsp3) is 0.0625. The van der Waals surface area contributed by atoms with Gasteiger partial charge in [-0.25, -0.2) is 13.8 Å². The number of aryl methyl sites for hydroxylation is 1. The van der Waals surface area contributed by atoms with Crippen LogP contribution < -0.4 is 4.18 Å². The minimum atomic E-state index is -4.67. The SMILES string of the molecule is Cc1ccc2cccc(OS(=O)(=O)c3c(F)cccc3F)c2n1. The number of rotatable bonds is 3. The molecule has 23 heavy (non-hydrogen) atoms. The summed E-state index contributed by atoms with van der Waals surface area (Å²) in [6.07, 6.45) is 0. The monoisotopic (exact) mass is 335 g/mol. The Hall–Kier alpha value is -2.54. The minimum Gasteiger partial charge on any atom is -0.376 e. The molecule has 2 aromatic carbocycles. The van der Waals surface area contributed by atoms with Crippen LogP contribution in [0.25, 0.3) is 10.9 Å². The van der Waals surface area contributed by atoms with Gasteiger partial charge in [0.15, 0.2) is 10.6 Å². The Morgan fingerprint density at radius 2 is 1.61 bits per heavy atom. The van der Waals surface area contributed by atoms with Crippen molar-refractivity contribution in [2.45, 2.75) is 11.8 Å². The van der Waals surface area contributed by atoms with Crippen LogP contribution in [0.3, 0.4) is 0 Å². The normalized spacial score (nSPS) is 11.6. The number of hydrogen-bond donors (Lipinski definition) is 0. The van der Waals surface area contributed by atoms with Gasteiger partial charge in [-0.3, -0.25) is 0 Å². The van der Waals surface area contributed by atoms with E-state index in [0.29, 0.717) is 16.6 Å². The molecule has 0 spiro atoms. The molecule has 7 heteroatoms. The Kier molecular flexibility index (Phi) is 3.73. The summed E-state index contributed by atoms with van der Waals surface area (Å²) < 4.78 is 56.9. The van der Waals surface area contributed by atoms with Gasteiger partial charge < -0.3 is 4.18 Å². The quantitative estimate of drug-likeness (QED) is 0.687. The number of nitrogens with zero attached hydrogens (tertiary/aromatic N) is 1. The van der Waals surface area contributed by atoms with E-state index < -0.39 is 26.6 Å². The van der Waals surface area contributed by atoms with Crippen molar-refractivity contribution in [3.63, 3.8) is 0 Å². The topological polar surface area (TPSA) is 56.3 Å². The highest BCUT2D eigenvalue weighted by atomic mass is 32.2. The van der Waals surface area contributed by atoms with Gasteiger partial charge >= 0.3 is 10.1 Å². The first-order valence-electron chi connectivity index (χ1n) is 6.63. The molecule has 4 nitrogen and oxygen atoms in total. The van der Waals surface area contributed by atoms with Crippen LogP contribution >= 0.6 is 0 Å². The zero-order valence-corrected chi connectivity index (χ0v) is 12.8. The number of hydrogen-bond acceptors (Lipinski definition) is 4. The van der Waals surface area contributed by atoms with Gasteiger partial charge in [0.05, 0.1) is 0 Å². The number of pyridine rings is 1. The summed E-state index contributed by atoms with van der Waals surface area (Å²) in [4.78, 5) is 3.10. The fourth-order valence-corrected chi connectivity index (χ4v) is 3.23. The molecule has 0 aliphatic carbocycles. The Bertz CT molecular complexity index is 983. The van der Waals surface area contributed by atoms with Crippen LogP contribution in [0.15, 0.2) is 53.4 Å². The summed E-state index contributed by atoms with van der Waals surface area (Å²) in [7, 11) is -4.67. The van der Waals surface area contributed by atoms with Crippen molar-refractivity contribution in [2.24, 2.45) is 0 Å². The van der Waals surface area contributed by atoms with Gasteiger partial charge in [-0.1, -0.05) is 24.3 Å². The van der Waals surface area contributed by atoms with Crippen molar-refractivity contribution in [3.05, 3.63) is 65.9 Å². The highest BCUT2D eigenvalue weighted by Gasteiger charge is 2.26. The minimum absolute atomic E-state index is 0.0890. The summed E-state index contributed by atoms with van der Waals surface area (Å²) in [5.41, 5.74) is 0.954. The molecule has 0 bridgehead atoms. The second-order valence-corrected chi connectivity index (χ2v) is 6.35. The second-order valence-electron chi connectivity index (χ2n) is 4.87. The number of halogens is 2. The molecular formula is C16H11F2NO3S. The van der Waals surface area contributed by atoms with Gasteiger partial charge in [-0.05, 0) is 31.2 Å². The molecule has 3 rings (SSSR count). The predicted molar refractivity (Wildman–Crippen MR) is 80.7 cm³/mol. The summed E-state index contributed by atoms with van der Waals surface area (Å²) in [5.74, 6) is -2.52. The maximum atomic E-state index is 13.7. The van der Waals surface area contributed by atoms with Crippen LogP contribution in [0, 0.1) is 18.6 Å². The molecule has 0 amide bonds. The lowest BCUT2D eigenvalue weighted by Crippen LogP contribution is -2.14. The molecule has 1 aromatic heterocycles. The average Bonchev–Trinajstić information content (AvgIpc) is 2.47. The van der Waals surface area contributed by atoms with Gasteiger partial charge in [0.1, 0.15) is 17.2 Å². The van der Waals surface area contributed by atoms with E-state index in [-0.39, 0.29) is 5.75 Å². The Morgan fingerprint density at radius 3 is 2.30 bits per heavy atom. The predicted octanol–water partition coefficient (Wildman–Crippen LogP) is 3.59. The van der Waals surface area contributed by atoms with Crippen LogP contribution in [0.2, 0.25) is 0 Å². The van der Waals surface area contributed by atoms with Crippen LogP contribution in [0.1, 0.15) is 5.69 Å². The van der Waals surface area contributed by atoms with E-state index in [1.165, 1.54) is 6.07 Å². The van der Waals surface area contributed by atoms with Crippen LogP contribution in [-0.4, -0.2) is 13.4 Å². The largest absolute Gasteiger partial charge is 0.376 e. The Labute approximate surface area is 131 Å². The Balaban J connectivity index is 2.13. The average molecular weight is 335 g/mol. The van der Waals surface area contributed by atoms with Crippen LogP contribution in [0.4, 0.5) is 8.78 Å². The molecule has 0 N–H and O–H groups in total. The van der Waals surface area contributed by atoms with Crippen molar-refractivity contribution >= 4 is 21.0 Å². The zero-order valence-electron chi connectivity index (χ0n) is 12.0. The lowest BCUT2D eigenvalue weighted by atomic mass is 10.2. The molecule has 0 aliphatic rings. The first kappa shape index (κ1) is 15.4. The van der Waals surface area contributed by atoms with E-state index in [9.17, 15) is 17.2 Å². The van der Waals surface area contributed by atoms with E-state index in [4.69, 9.17) is 4.18 Å². The first-order valence-corrected chi connectivity index (χ1v) is 8.04. The molecule has 0 radical (unpaired) electrons. The van der Waals surface area contributed by atoms with Crippen molar-refractivity contribution in [1.29, 1.82) is 0 Å². The summed E-state index contributed by atoms with van der Waals surface area (Å²) >= 11 is 0. The summed E-state index contributed by atoms with van der Waals surface area (Å²) in [6, 6.07) is 11.0. The maximum Gasteiger partial charge on any atom is 0.345 e. The molecule has 0 aliphatic heterocycles. The third-order valence-corrected chi connectivity index (χ3v) is 4.48. The molecular weight excluding hydrogens is 324 g/mol. The molecule has 0 atom stereocenters. The third-order valence-electron chi connectivity index (χ3n) is 3.19. The molecule has 0 fully saturated rings. The van der Waals surface area contributed by atoms with E-state index in [0.717, 1.165) is 18.2 Å². The molecule has 1 heterocycles. The fourth-order valence-electron chi connectivity index (χ4n) is 2.17. The zero-order chi connectivity index (χ0) is 16.6. The highest BCUT2D eigenvalue weighted by molar-refractivity contribution is 7.87. The van der Waals surface area contributed by atoms with E-state index in [2.05, 4.69) is 4.98 Å². The third kappa shape index (κ3) is 2.87. The molecule has 0 unspecified atom stereocenters. The van der Waals surface area contributed by atoms with Gasteiger partial charge in [0.2, 0.25) is 0 Å². The highest BCUT2D eigenvalue weighted by Crippen LogP contribution is 2.28. The van der Waals surface area contributed by atoms with E-state index >= 15 is 0 Å². The first-order chi connectivity index (χ1) is 10.9. The van der Waals surface area contributed by atoms with Crippen molar-refractivity contribution < 1.29 is 21.4 Å². The van der Waals surface area contributed by atoms with Crippen molar-refractivity contribution in [2.75, 3.05) is 0 Å². The van der Waals surface area contributed by atoms with E-state index in [1.54, 1.807) is 31.2 Å². The summed E-state index contributed by atoms with van der Waals surface area (Å²) in [5, 5.41) is 0.650. The van der Waals surface area contributed by atoms with Gasteiger partial charge in [0, 0.05) is 11.1 Å². The second kappa shape index (κ2) is 5.58. The number of fused-ring (bicyclic) bond motifs is 1. The van der Waals surface area contributed by atoms with Crippen molar-refractivity contribution in [3.8, 4) is 5.75 Å². The van der Waals surface area contributed by atoms with Crippen LogP contribution in [0.5, 0.6) is 5.75 Å². The smallest absolute Gasteiger partial charge is 0.345 e. The van der Waals surface area contributed by atoms with Crippen molar-refractivity contribution in [1.82, 2.24) is 4.98 Å². The number of aromatic nitrogens is 1.